The lowest BCUT2D eigenvalue weighted by Gasteiger charge is -2.24. The number of hydrogen-bond acceptors (Lipinski definition) is 3. The zero-order chi connectivity index (χ0) is 20.8. The van der Waals surface area contributed by atoms with Crippen molar-refractivity contribution in [2.24, 2.45) is 4.99 Å². The van der Waals surface area contributed by atoms with Crippen molar-refractivity contribution in [1.29, 1.82) is 0 Å². The van der Waals surface area contributed by atoms with E-state index in [1.54, 1.807) is 0 Å². The molecule has 7 heteroatoms. The van der Waals surface area contributed by atoms with Gasteiger partial charge in [-0.25, -0.2) is 0 Å². The van der Waals surface area contributed by atoms with Gasteiger partial charge in [-0.15, -0.1) is 24.0 Å². The lowest BCUT2D eigenvalue weighted by atomic mass is 9.91. The molecule has 0 saturated heterocycles. The molecule has 1 aromatic heterocycles. The molecule has 3 N–H and O–H groups in total. The third-order valence-electron chi connectivity index (χ3n) is 5.32. The molecule has 162 valence electrons. The van der Waals surface area contributed by atoms with Gasteiger partial charge in [0, 0.05) is 42.7 Å². The number of rotatable bonds is 6. The average Bonchev–Trinajstić information content (AvgIpc) is 2.77. The number of carbonyl (C=O) groups excluding carboxylic acids is 1. The first-order valence-electron chi connectivity index (χ1n) is 10.5. The van der Waals surface area contributed by atoms with Crippen LogP contribution >= 0.6 is 24.0 Å². The van der Waals surface area contributed by atoms with Crippen molar-refractivity contribution in [2.75, 3.05) is 25.0 Å². The highest BCUT2D eigenvalue weighted by atomic mass is 127. The van der Waals surface area contributed by atoms with E-state index < -0.39 is 0 Å². The summed E-state index contributed by atoms with van der Waals surface area (Å²) in [5.74, 6) is 0.914. The Kier molecular flexibility index (Phi) is 8.22. The average molecular weight is 529 g/mol. The third kappa shape index (κ3) is 5.72. The van der Waals surface area contributed by atoms with Gasteiger partial charge in [0.05, 0.1) is 12.1 Å². The van der Waals surface area contributed by atoms with Crippen LogP contribution < -0.4 is 16.0 Å². The Hall–Kier alpha value is -2.68. The van der Waals surface area contributed by atoms with Gasteiger partial charge >= 0.3 is 0 Å². The number of para-hydroxylation sites is 2. The fourth-order valence-corrected chi connectivity index (χ4v) is 3.89. The summed E-state index contributed by atoms with van der Waals surface area (Å²) in [6.07, 6.45) is 3.15. The van der Waals surface area contributed by atoms with Crippen LogP contribution in [-0.2, 0) is 11.2 Å². The molecule has 31 heavy (non-hydrogen) atoms. The second-order valence-electron chi connectivity index (χ2n) is 7.43. The normalized spacial score (nSPS) is 15.6. The van der Waals surface area contributed by atoms with Crippen molar-refractivity contribution < 1.29 is 4.79 Å². The number of carbonyl (C=O) groups is 1. The molecule has 1 amide bonds. The Bertz CT molecular complexity index is 1060. The second kappa shape index (κ2) is 11.1. The molecule has 6 nitrogen and oxygen atoms in total. The van der Waals surface area contributed by atoms with Crippen molar-refractivity contribution in [3.8, 4) is 0 Å². The maximum atomic E-state index is 12.0. The van der Waals surface area contributed by atoms with E-state index in [4.69, 9.17) is 4.99 Å². The van der Waals surface area contributed by atoms with E-state index in [1.165, 1.54) is 5.56 Å². The van der Waals surface area contributed by atoms with Crippen LogP contribution in [0.3, 0.4) is 0 Å². The molecule has 1 aliphatic heterocycles. The molecule has 0 radical (unpaired) electrons. The molecule has 1 unspecified atom stereocenters. The maximum absolute atomic E-state index is 12.0. The molecule has 2 heterocycles. The predicted octanol–water partition coefficient (Wildman–Crippen LogP) is 4.08. The largest absolute Gasteiger partial charge is 0.357 e. The summed E-state index contributed by atoms with van der Waals surface area (Å²) in [6.45, 7) is 4.15. The van der Waals surface area contributed by atoms with Crippen LogP contribution in [0.4, 0.5) is 5.69 Å². The monoisotopic (exact) mass is 529 g/mol. The highest BCUT2D eigenvalue weighted by Gasteiger charge is 2.24. The number of benzene rings is 2. The van der Waals surface area contributed by atoms with Crippen LogP contribution in [0, 0.1) is 0 Å². The van der Waals surface area contributed by atoms with Crippen LogP contribution in [0.2, 0.25) is 0 Å². The number of halogens is 1. The number of aliphatic imine (C=N–C) groups is 1. The number of anilines is 1. The Morgan fingerprint density at radius 2 is 1.97 bits per heavy atom. The molecule has 0 spiro atoms. The molecule has 1 atom stereocenters. The van der Waals surface area contributed by atoms with Crippen molar-refractivity contribution in [1.82, 2.24) is 15.6 Å². The molecule has 0 bridgehead atoms. The molecule has 2 aromatic carbocycles. The number of amides is 1. The first-order chi connectivity index (χ1) is 14.7. The topological polar surface area (TPSA) is 78.4 Å². The Morgan fingerprint density at radius 1 is 1.13 bits per heavy atom. The minimum Gasteiger partial charge on any atom is -0.357 e. The quantitative estimate of drug-likeness (QED) is 0.256. The van der Waals surface area contributed by atoms with Gasteiger partial charge in [0.25, 0.3) is 0 Å². The molecule has 4 rings (SSSR count). The van der Waals surface area contributed by atoms with Gasteiger partial charge in [-0.1, -0.05) is 42.5 Å². The summed E-state index contributed by atoms with van der Waals surface area (Å²) in [5, 5.41) is 10.8. The third-order valence-corrected chi connectivity index (χ3v) is 5.32. The number of guanidine groups is 1. The number of hydrogen-bond donors (Lipinski definition) is 3. The van der Waals surface area contributed by atoms with E-state index in [2.05, 4.69) is 58.2 Å². The van der Waals surface area contributed by atoms with Crippen LogP contribution in [0.15, 0.2) is 65.8 Å². The van der Waals surface area contributed by atoms with Gasteiger partial charge in [0.2, 0.25) is 5.91 Å². The van der Waals surface area contributed by atoms with Gasteiger partial charge in [0.15, 0.2) is 5.96 Å². The zero-order valence-corrected chi connectivity index (χ0v) is 19.9. The van der Waals surface area contributed by atoms with E-state index in [0.717, 1.165) is 47.6 Å². The van der Waals surface area contributed by atoms with E-state index in [9.17, 15) is 4.79 Å². The van der Waals surface area contributed by atoms with Gasteiger partial charge in [0.1, 0.15) is 0 Å². The standard InChI is InChI=1S/C24H27N5O.HI/c1-2-25-24(27-14-12-18-8-5-7-17-9-6-13-26-23(17)18)28-16-19-15-22(30)29-21-11-4-3-10-20(19)21;/h3-11,13,19H,2,12,14-16H2,1H3,(H,29,30)(H2,25,27,28);1H. The molecular weight excluding hydrogens is 501 g/mol. The Labute approximate surface area is 200 Å². The number of pyridine rings is 1. The maximum Gasteiger partial charge on any atom is 0.225 e. The fourth-order valence-electron chi connectivity index (χ4n) is 3.89. The van der Waals surface area contributed by atoms with Crippen LogP contribution in [0.1, 0.15) is 30.4 Å². The van der Waals surface area contributed by atoms with Gasteiger partial charge < -0.3 is 16.0 Å². The van der Waals surface area contributed by atoms with Gasteiger partial charge in [-0.3, -0.25) is 14.8 Å². The summed E-state index contributed by atoms with van der Waals surface area (Å²) < 4.78 is 0. The van der Waals surface area contributed by atoms with E-state index >= 15 is 0 Å². The van der Waals surface area contributed by atoms with Crippen molar-refractivity contribution in [2.45, 2.75) is 25.7 Å². The number of nitrogens with one attached hydrogen (secondary N) is 3. The molecule has 0 aliphatic carbocycles. The Balaban J connectivity index is 0.00000272. The molecule has 0 saturated carbocycles. The highest BCUT2D eigenvalue weighted by Crippen LogP contribution is 2.31. The van der Waals surface area contributed by atoms with Crippen molar-refractivity contribution >= 4 is 52.4 Å². The molecule has 0 fully saturated rings. The van der Waals surface area contributed by atoms with Crippen LogP contribution in [0.5, 0.6) is 0 Å². The van der Waals surface area contributed by atoms with Crippen molar-refractivity contribution in [3.05, 3.63) is 71.9 Å². The SMILES string of the molecule is CCNC(=NCC1CC(=O)Nc2ccccc21)NCCc1cccc2cccnc12.I. The highest BCUT2D eigenvalue weighted by molar-refractivity contribution is 14.0. The fraction of sp³-hybridized carbons (Fsp3) is 0.292. The first-order valence-corrected chi connectivity index (χ1v) is 10.5. The number of fused-ring (bicyclic) bond motifs is 2. The first kappa shape index (κ1) is 23.0. The lowest BCUT2D eigenvalue weighted by Crippen LogP contribution is -2.39. The smallest absolute Gasteiger partial charge is 0.225 e. The summed E-state index contributed by atoms with van der Waals surface area (Å²) in [5.41, 5.74) is 4.32. The lowest BCUT2D eigenvalue weighted by molar-refractivity contribution is -0.116. The van der Waals surface area contributed by atoms with E-state index in [-0.39, 0.29) is 35.8 Å². The summed E-state index contributed by atoms with van der Waals surface area (Å²) in [7, 11) is 0. The summed E-state index contributed by atoms with van der Waals surface area (Å²) in [6, 6.07) is 18.3. The summed E-state index contributed by atoms with van der Waals surface area (Å²) >= 11 is 0. The zero-order valence-electron chi connectivity index (χ0n) is 17.6. The predicted molar refractivity (Wildman–Crippen MR) is 137 cm³/mol. The summed E-state index contributed by atoms with van der Waals surface area (Å²) in [4.78, 5) is 21.3. The molecular formula is C24H28IN5O. The van der Waals surface area contributed by atoms with E-state index in [1.807, 2.05) is 30.5 Å². The molecule has 3 aromatic rings. The number of nitrogens with zero attached hydrogens (tertiary/aromatic N) is 2. The van der Waals surface area contributed by atoms with Crippen LogP contribution in [0.25, 0.3) is 10.9 Å². The van der Waals surface area contributed by atoms with Crippen molar-refractivity contribution in [3.63, 3.8) is 0 Å². The van der Waals surface area contributed by atoms with Gasteiger partial charge in [-0.2, -0.15) is 0 Å². The Morgan fingerprint density at radius 3 is 2.84 bits per heavy atom. The minimum absolute atomic E-state index is 0. The second-order valence-corrected chi connectivity index (χ2v) is 7.43. The molecule has 1 aliphatic rings. The minimum atomic E-state index is 0. The van der Waals surface area contributed by atoms with E-state index in [0.29, 0.717) is 13.0 Å². The van der Waals surface area contributed by atoms with Crippen LogP contribution in [-0.4, -0.2) is 36.5 Å². The number of aromatic nitrogens is 1. The van der Waals surface area contributed by atoms with Gasteiger partial charge in [-0.05, 0) is 36.6 Å².